The summed E-state index contributed by atoms with van der Waals surface area (Å²) in [4.78, 5) is 3.33. The number of aromatic nitrogens is 1. The largest absolute Gasteiger partial charge is 0.508 e. The Balaban J connectivity index is 2.45. The van der Waals surface area contributed by atoms with Crippen molar-refractivity contribution < 1.29 is 5.11 Å². The summed E-state index contributed by atoms with van der Waals surface area (Å²) in [7, 11) is 0. The molecule has 0 bridgehead atoms. The van der Waals surface area contributed by atoms with E-state index in [2.05, 4.69) is 11.6 Å². The lowest BCUT2D eigenvalue weighted by Crippen LogP contribution is -1.84. The van der Waals surface area contributed by atoms with Gasteiger partial charge in [-0.2, -0.15) is 0 Å². The third-order valence-corrected chi connectivity index (χ3v) is 3.40. The Hall–Kier alpha value is -1.93. The predicted octanol–water partition coefficient (Wildman–Crippen LogP) is 4.41. The zero-order valence-electron chi connectivity index (χ0n) is 9.70. The number of H-pyrrole nitrogens is 1. The molecule has 3 heteroatoms. The number of benzene rings is 2. The van der Waals surface area contributed by atoms with E-state index >= 15 is 0 Å². The highest BCUT2D eigenvalue weighted by molar-refractivity contribution is 6.31. The first kappa shape index (κ1) is 11.2. The molecular formula is C15H12ClNO. The van der Waals surface area contributed by atoms with E-state index in [0.29, 0.717) is 17.2 Å². The second-order valence-corrected chi connectivity index (χ2v) is 4.73. The normalized spacial score (nSPS) is 11.2. The molecule has 1 aromatic heterocycles. The van der Waals surface area contributed by atoms with Crippen molar-refractivity contribution in [1.82, 2.24) is 4.98 Å². The number of halogens is 1. The first-order valence-corrected chi connectivity index (χ1v) is 6.11. The van der Waals surface area contributed by atoms with Gasteiger partial charge in [0, 0.05) is 26.9 Å². The summed E-state index contributed by atoms with van der Waals surface area (Å²) in [5, 5.41) is 12.8. The van der Waals surface area contributed by atoms with Gasteiger partial charge in [-0.05, 0) is 36.8 Å². The summed E-state index contributed by atoms with van der Waals surface area (Å²) in [5.74, 6) is 0.292. The summed E-state index contributed by atoms with van der Waals surface area (Å²) in [6.07, 6.45) is 2.41. The van der Waals surface area contributed by atoms with E-state index in [1.54, 1.807) is 12.1 Å². The lowest BCUT2D eigenvalue weighted by atomic mass is 10.1. The average Bonchev–Trinajstić information content (AvgIpc) is 2.71. The quantitative estimate of drug-likeness (QED) is 0.656. The topological polar surface area (TPSA) is 36.0 Å². The van der Waals surface area contributed by atoms with Gasteiger partial charge in [0.1, 0.15) is 5.75 Å². The highest BCUT2D eigenvalue weighted by Crippen LogP contribution is 2.33. The Bertz CT molecular complexity index is 758. The number of phenolic OH excluding ortho intramolecular Hbond substituents is 1. The van der Waals surface area contributed by atoms with Gasteiger partial charge < -0.3 is 10.1 Å². The van der Waals surface area contributed by atoms with Crippen LogP contribution in [0.1, 0.15) is 5.56 Å². The number of allylic oxidation sites excluding steroid dienone is 1. The van der Waals surface area contributed by atoms with E-state index in [9.17, 15) is 5.11 Å². The van der Waals surface area contributed by atoms with Crippen molar-refractivity contribution in [2.75, 3.05) is 0 Å². The van der Waals surface area contributed by atoms with Gasteiger partial charge in [-0.1, -0.05) is 17.7 Å². The minimum atomic E-state index is 0.292. The van der Waals surface area contributed by atoms with E-state index in [4.69, 9.17) is 11.6 Å². The summed E-state index contributed by atoms with van der Waals surface area (Å²) >= 11 is 6.03. The monoisotopic (exact) mass is 257 g/mol. The third-order valence-electron chi connectivity index (χ3n) is 3.17. The van der Waals surface area contributed by atoms with Crippen LogP contribution in [0, 0.1) is 0 Å². The molecule has 0 aliphatic rings. The van der Waals surface area contributed by atoms with Crippen LogP contribution in [-0.4, -0.2) is 10.1 Å². The van der Waals surface area contributed by atoms with Crippen LogP contribution >= 0.6 is 11.6 Å². The van der Waals surface area contributed by atoms with E-state index in [0.717, 1.165) is 27.4 Å². The maximum atomic E-state index is 9.93. The molecule has 0 saturated carbocycles. The van der Waals surface area contributed by atoms with E-state index in [1.807, 2.05) is 24.3 Å². The lowest BCUT2D eigenvalue weighted by Gasteiger charge is -2.03. The fourth-order valence-electron chi connectivity index (χ4n) is 2.34. The molecule has 3 aromatic rings. The van der Waals surface area contributed by atoms with Crippen LogP contribution in [-0.2, 0) is 6.42 Å². The molecule has 0 aliphatic heterocycles. The molecule has 0 fully saturated rings. The summed E-state index contributed by atoms with van der Waals surface area (Å²) in [6.45, 7) is 3.73. The van der Waals surface area contributed by atoms with Gasteiger partial charge in [-0.25, -0.2) is 0 Å². The molecule has 0 atom stereocenters. The SMILES string of the molecule is C=CCc1c(O)ccc2c1[nH]c1ccc(Cl)cc12. The van der Waals surface area contributed by atoms with Gasteiger partial charge >= 0.3 is 0 Å². The molecule has 0 radical (unpaired) electrons. The smallest absolute Gasteiger partial charge is 0.121 e. The van der Waals surface area contributed by atoms with Crippen molar-refractivity contribution in [2.24, 2.45) is 0 Å². The predicted molar refractivity (Wildman–Crippen MR) is 76.4 cm³/mol. The number of aromatic amines is 1. The molecule has 0 amide bonds. The first-order chi connectivity index (χ1) is 8.70. The van der Waals surface area contributed by atoms with Crippen LogP contribution in [0.15, 0.2) is 43.0 Å². The zero-order chi connectivity index (χ0) is 12.7. The fraction of sp³-hybridized carbons (Fsp3) is 0.0667. The number of hydrogen-bond acceptors (Lipinski definition) is 1. The van der Waals surface area contributed by atoms with Crippen molar-refractivity contribution in [2.45, 2.75) is 6.42 Å². The van der Waals surface area contributed by atoms with Gasteiger partial charge in [0.05, 0.1) is 5.52 Å². The van der Waals surface area contributed by atoms with E-state index < -0.39 is 0 Å². The van der Waals surface area contributed by atoms with Crippen LogP contribution in [0.25, 0.3) is 21.8 Å². The van der Waals surface area contributed by atoms with Crippen LogP contribution in [0.4, 0.5) is 0 Å². The van der Waals surface area contributed by atoms with Gasteiger partial charge in [-0.3, -0.25) is 0 Å². The van der Waals surface area contributed by atoms with Gasteiger partial charge in [0.15, 0.2) is 0 Å². The first-order valence-electron chi connectivity index (χ1n) is 5.73. The highest BCUT2D eigenvalue weighted by atomic mass is 35.5. The number of aromatic hydroxyl groups is 1. The standard InChI is InChI=1S/C15H12ClNO/c1-2-3-11-14(18)7-5-10-12-8-9(16)4-6-13(12)17-15(10)11/h2,4-8,17-18H,1,3H2. The number of rotatable bonds is 2. The zero-order valence-corrected chi connectivity index (χ0v) is 10.5. The molecule has 0 unspecified atom stereocenters. The summed E-state index contributed by atoms with van der Waals surface area (Å²) in [5.41, 5.74) is 2.84. The molecule has 2 nitrogen and oxygen atoms in total. The van der Waals surface area contributed by atoms with Crippen molar-refractivity contribution in [3.63, 3.8) is 0 Å². The number of nitrogens with one attached hydrogen (secondary N) is 1. The summed E-state index contributed by atoms with van der Waals surface area (Å²) in [6, 6.07) is 9.37. The van der Waals surface area contributed by atoms with E-state index in [1.165, 1.54) is 0 Å². The Labute approximate surface area is 110 Å². The molecule has 2 N–H and O–H groups in total. The Morgan fingerprint density at radius 1 is 1.22 bits per heavy atom. The highest BCUT2D eigenvalue weighted by Gasteiger charge is 2.11. The molecular weight excluding hydrogens is 246 g/mol. The molecule has 90 valence electrons. The van der Waals surface area contributed by atoms with Crippen LogP contribution in [0.2, 0.25) is 5.02 Å². The number of hydrogen-bond donors (Lipinski definition) is 2. The second kappa shape index (κ2) is 4.07. The molecule has 18 heavy (non-hydrogen) atoms. The van der Waals surface area contributed by atoms with Crippen LogP contribution in [0.5, 0.6) is 5.75 Å². The molecule has 2 aromatic carbocycles. The number of fused-ring (bicyclic) bond motifs is 3. The average molecular weight is 258 g/mol. The van der Waals surface area contributed by atoms with Crippen molar-refractivity contribution in [1.29, 1.82) is 0 Å². The Morgan fingerprint density at radius 2 is 2.06 bits per heavy atom. The minimum absolute atomic E-state index is 0.292. The van der Waals surface area contributed by atoms with Gasteiger partial charge in [0.2, 0.25) is 0 Å². The Morgan fingerprint density at radius 3 is 2.83 bits per heavy atom. The van der Waals surface area contributed by atoms with Crippen molar-refractivity contribution in [3.05, 3.63) is 53.6 Å². The third kappa shape index (κ3) is 1.57. The Kier molecular flexibility index (Phi) is 2.53. The molecule has 0 spiro atoms. The van der Waals surface area contributed by atoms with Crippen molar-refractivity contribution in [3.8, 4) is 5.75 Å². The number of phenols is 1. The molecule has 0 saturated heterocycles. The van der Waals surface area contributed by atoms with Crippen molar-refractivity contribution >= 4 is 33.4 Å². The second-order valence-electron chi connectivity index (χ2n) is 4.29. The fourth-order valence-corrected chi connectivity index (χ4v) is 2.51. The molecule has 1 heterocycles. The van der Waals surface area contributed by atoms with E-state index in [-0.39, 0.29) is 0 Å². The summed E-state index contributed by atoms with van der Waals surface area (Å²) < 4.78 is 0. The minimum Gasteiger partial charge on any atom is -0.508 e. The van der Waals surface area contributed by atoms with Crippen LogP contribution in [0.3, 0.4) is 0 Å². The maximum Gasteiger partial charge on any atom is 0.121 e. The van der Waals surface area contributed by atoms with Crippen LogP contribution < -0.4 is 0 Å². The lowest BCUT2D eigenvalue weighted by molar-refractivity contribution is 0.471. The van der Waals surface area contributed by atoms with Gasteiger partial charge in [-0.15, -0.1) is 6.58 Å². The molecule has 0 aliphatic carbocycles. The molecule has 3 rings (SSSR count). The maximum absolute atomic E-state index is 9.93. The van der Waals surface area contributed by atoms with Gasteiger partial charge in [0.25, 0.3) is 0 Å².